The molecular weight excluding hydrogens is 311 g/mol. The molecular formula is C15H26F3N3O2. The second kappa shape index (κ2) is 7.81. The summed E-state index contributed by atoms with van der Waals surface area (Å²) in [7, 11) is 0. The maximum atomic E-state index is 12.0. The molecule has 2 unspecified atom stereocenters. The first-order chi connectivity index (χ1) is 10.8. The normalized spacial score (nSPS) is 27.6. The van der Waals surface area contributed by atoms with Crippen molar-refractivity contribution in [2.24, 2.45) is 5.92 Å². The molecule has 0 aromatic carbocycles. The molecule has 134 valence electrons. The topological polar surface area (TPSA) is 36.0 Å². The molecule has 2 saturated heterocycles. The standard InChI is InChI=1S/C15H26F3N3O2/c1-12-9-19(7-8-23-11-15(16,17)18)10-14(12)21-5-3-20(4-6-21)13(2)22/h12,14H,3-11H2,1-2H3. The molecule has 2 rings (SSSR count). The fraction of sp³-hybridized carbons (Fsp3) is 0.933. The zero-order valence-corrected chi connectivity index (χ0v) is 13.8. The average Bonchev–Trinajstić information content (AvgIpc) is 2.84. The van der Waals surface area contributed by atoms with E-state index in [0.717, 1.165) is 39.3 Å². The molecule has 0 aromatic heterocycles. The van der Waals surface area contributed by atoms with Crippen molar-refractivity contribution >= 4 is 5.91 Å². The van der Waals surface area contributed by atoms with Gasteiger partial charge >= 0.3 is 6.18 Å². The average molecular weight is 337 g/mol. The van der Waals surface area contributed by atoms with Gasteiger partial charge in [-0.2, -0.15) is 13.2 Å². The maximum Gasteiger partial charge on any atom is 0.411 e. The monoisotopic (exact) mass is 337 g/mol. The minimum atomic E-state index is -4.25. The largest absolute Gasteiger partial charge is 0.411 e. The summed E-state index contributed by atoms with van der Waals surface area (Å²) >= 11 is 0. The molecule has 1 amide bonds. The van der Waals surface area contributed by atoms with Crippen LogP contribution in [0.5, 0.6) is 0 Å². The summed E-state index contributed by atoms with van der Waals surface area (Å²) in [5, 5.41) is 0. The van der Waals surface area contributed by atoms with E-state index in [1.807, 2.05) is 4.90 Å². The molecule has 2 atom stereocenters. The van der Waals surface area contributed by atoms with Crippen molar-refractivity contribution in [1.82, 2.24) is 14.7 Å². The van der Waals surface area contributed by atoms with E-state index in [0.29, 0.717) is 18.5 Å². The summed E-state index contributed by atoms with van der Waals surface area (Å²) in [6, 6.07) is 0.409. The zero-order chi connectivity index (χ0) is 17.0. The maximum absolute atomic E-state index is 12.0. The van der Waals surface area contributed by atoms with Crippen molar-refractivity contribution < 1.29 is 22.7 Å². The number of hydrogen-bond acceptors (Lipinski definition) is 4. The predicted molar refractivity (Wildman–Crippen MR) is 80.1 cm³/mol. The van der Waals surface area contributed by atoms with E-state index < -0.39 is 12.8 Å². The molecule has 2 aliphatic heterocycles. The predicted octanol–water partition coefficient (Wildman–Crippen LogP) is 1.05. The summed E-state index contributed by atoms with van der Waals surface area (Å²) in [6.45, 7) is 8.23. The fourth-order valence-corrected chi connectivity index (χ4v) is 3.46. The molecule has 0 aromatic rings. The van der Waals surface area contributed by atoms with Crippen LogP contribution >= 0.6 is 0 Å². The Hall–Kier alpha value is -0.860. The lowest BCUT2D eigenvalue weighted by Crippen LogP contribution is -2.53. The highest BCUT2D eigenvalue weighted by Crippen LogP contribution is 2.23. The Morgan fingerprint density at radius 1 is 1.17 bits per heavy atom. The van der Waals surface area contributed by atoms with Crippen LogP contribution in [-0.4, -0.2) is 91.9 Å². The number of ether oxygens (including phenoxy) is 1. The number of hydrogen-bond donors (Lipinski definition) is 0. The molecule has 2 aliphatic rings. The fourth-order valence-electron chi connectivity index (χ4n) is 3.46. The Kier molecular flexibility index (Phi) is 6.27. The molecule has 8 heteroatoms. The minimum absolute atomic E-state index is 0.108. The Bertz CT molecular complexity index is 398. The van der Waals surface area contributed by atoms with Gasteiger partial charge in [0.15, 0.2) is 0 Å². The summed E-state index contributed by atoms with van der Waals surface area (Å²) in [5.41, 5.74) is 0. The summed E-state index contributed by atoms with van der Waals surface area (Å²) in [6.07, 6.45) is -4.25. The third-order valence-electron chi connectivity index (χ3n) is 4.69. The third kappa shape index (κ3) is 5.61. The molecule has 0 saturated carbocycles. The van der Waals surface area contributed by atoms with Crippen molar-refractivity contribution in [1.29, 1.82) is 0 Å². The second-order valence-electron chi connectivity index (χ2n) is 6.51. The van der Waals surface area contributed by atoms with Crippen LogP contribution in [0.4, 0.5) is 13.2 Å². The Morgan fingerprint density at radius 2 is 1.83 bits per heavy atom. The number of likely N-dealkylation sites (tertiary alicyclic amines) is 1. The molecule has 23 heavy (non-hydrogen) atoms. The highest BCUT2D eigenvalue weighted by Gasteiger charge is 2.35. The Morgan fingerprint density at radius 3 is 2.39 bits per heavy atom. The first-order valence-electron chi connectivity index (χ1n) is 8.12. The third-order valence-corrected chi connectivity index (χ3v) is 4.69. The molecule has 2 fully saturated rings. The summed E-state index contributed by atoms with van der Waals surface area (Å²) in [4.78, 5) is 17.8. The van der Waals surface area contributed by atoms with E-state index in [9.17, 15) is 18.0 Å². The van der Waals surface area contributed by atoms with Crippen molar-refractivity contribution in [3.8, 4) is 0 Å². The summed E-state index contributed by atoms with van der Waals surface area (Å²) in [5.74, 6) is 0.592. The Labute approximate surface area is 135 Å². The lowest BCUT2D eigenvalue weighted by atomic mass is 10.0. The highest BCUT2D eigenvalue weighted by atomic mass is 19.4. The van der Waals surface area contributed by atoms with E-state index >= 15 is 0 Å². The number of nitrogens with zero attached hydrogens (tertiary/aromatic N) is 3. The van der Waals surface area contributed by atoms with Gasteiger partial charge in [0.25, 0.3) is 0 Å². The van der Waals surface area contributed by atoms with Gasteiger partial charge in [-0.25, -0.2) is 0 Å². The van der Waals surface area contributed by atoms with Gasteiger partial charge in [-0.3, -0.25) is 14.6 Å². The van der Waals surface area contributed by atoms with Crippen LogP contribution in [0.3, 0.4) is 0 Å². The van der Waals surface area contributed by atoms with Gasteiger partial charge < -0.3 is 9.64 Å². The van der Waals surface area contributed by atoms with Gasteiger partial charge in [-0.1, -0.05) is 6.92 Å². The smallest absolute Gasteiger partial charge is 0.371 e. The van der Waals surface area contributed by atoms with Crippen LogP contribution in [0.15, 0.2) is 0 Å². The van der Waals surface area contributed by atoms with E-state index in [-0.39, 0.29) is 12.5 Å². The second-order valence-corrected chi connectivity index (χ2v) is 6.51. The first-order valence-corrected chi connectivity index (χ1v) is 8.12. The number of piperazine rings is 1. The van der Waals surface area contributed by atoms with Gasteiger partial charge in [0.1, 0.15) is 6.61 Å². The number of halogens is 3. The number of carbonyl (C=O) groups is 1. The number of carbonyl (C=O) groups excluding carboxylic acids is 1. The number of amides is 1. The van der Waals surface area contributed by atoms with Gasteiger partial charge in [-0.15, -0.1) is 0 Å². The molecule has 0 spiro atoms. The molecule has 0 aliphatic carbocycles. The van der Waals surface area contributed by atoms with Gasteiger partial charge in [0, 0.05) is 58.8 Å². The van der Waals surface area contributed by atoms with Crippen molar-refractivity contribution in [2.45, 2.75) is 26.1 Å². The quantitative estimate of drug-likeness (QED) is 0.703. The highest BCUT2D eigenvalue weighted by molar-refractivity contribution is 5.73. The first kappa shape index (κ1) is 18.5. The molecule has 2 heterocycles. The van der Waals surface area contributed by atoms with Crippen LogP contribution in [0.1, 0.15) is 13.8 Å². The van der Waals surface area contributed by atoms with Crippen LogP contribution in [0.2, 0.25) is 0 Å². The molecule has 0 N–H and O–H groups in total. The van der Waals surface area contributed by atoms with Gasteiger partial charge in [0.05, 0.1) is 6.61 Å². The number of rotatable bonds is 5. The van der Waals surface area contributed by atoms with E-state index in [2.05, 4.69) is 16.7 Å². The van der Waals surface area contributed by atoms with Crippen LogP contribution < -0.4 is 0 Å². The summed E-state index contributed by atoms with van der Waals surface area (Å²) < 4.78 is 40.8. The Balaban J connectivity index is 1.71. The molecule has 5 nitrogen and oxygen atoms in total. The van der Waals surface area contributed by atoms with Crippen molar-refractivity contribution in [3.63, 3.8) is 0 Å². The van der Waals surface area contributed by atoms with Crippen LogP contribution in [-0.2, 0) is 9.53 Å². The van der Waals surface area contributed by atoms with E-state index in [1.165, 1.54) is 0 Å². The lowest BCUT2D eigenvalue weighted by molar-refractivity contribution is -0.174. The SMILES string of the molecule is CC(=O)N1CCN(C2CN(CCOCC(F)(F)F)CC2C)CC1. The van der Waals surface area contributed by atoms with Crippen LogP contribution in [0.25, 0.3) is 0 Å². The van der Waals surface area contributed by atoms with Gasteiger partial charge in [0.2, 0.25) is 5.91 Å². The van der Waals surface area contributed by atoms with E-state index in [4.69, 9.17) is 4.74 Å². The zero-order valence-electron chi connectivity index (χ0n) is 13.8. The molecule has 0 radical (unpaired) electrons. The van der Waals surface area contributed by atoms with Crippen molar-refractivity contribution in [2.75, 3.05) is 59.0 Å². The lowest BCUT2D eigenvalue weighted by Gasteiger charge is -2.39. The molecule has 0 bridgehead atoms. The van der Waals surface area contributed by atoms with Gasteiger partial charge in [-0.05, 0) is 5.92 Å². The number of alkyl halides is 3. The van der Waals surface area contributed by atoms with E-state index in [1.54, 1.807) is 6.92 Å². The van der Waals surface area contributed by atoms with Crippen LogP contribution in [0, 0.1) is 5.92 Å². The van der Waals surface area contributed by atoms with Crippen molar-refractivity contribution in [3.05, 3.63) is 0 Å². The minimum Gasteiger partial charge on any atom is -0.371 e.